The number of rotatable bonds is 6. The Morgan fingerprint density at radius 2 is 1.97 bits per heavy atom. The van der Waals surface area contributed by atoms with E-state index in [1.54, 1.807) is 4.68 Å². The van der Waals surface area contributed by atoms with Crippen molar-refractivity contribution in [2.24, 2.45) is 5.92 Å². The van der Waals surface area contributed by atoms with Gasteiger partial charge >= 0.3 is 0 Å². The van der Waals surface area contributed by atoms with Gasteiger partial charge < -0.3 is 19.7 Å². The SMILES string of the molecule is Cc1cccc(-n2nnc(C(=O)NCC3CC(=O)N(Cc4ccc5c(c4)OCO5)C3)c2C)c1C. The number of amides is 2. The lowest BCUT2D eigenvalue weighted by Gasteiger charge is -2.17. The number of nitrogens with zero attached hydrogens (tertiary/aromatic N) is 4. The van der Waals surface area contributed by atoms with E-state index < -0.39 is 0 Å². The summed E-state index contributed by atoms with van der Waals surface area (Å²) in [5.74, 6) is 1.27. The van der Waals surface area contributed by atoms with E-state index in [0.29, 0.717) is 43.2 Å². The molecule has 1 aromatic heterocycles. The van der Waals surface area contributed by atoms with Crippen LogP contribution in [0.5, 0.6) is 11.5 Å². The van der Waals surface area contributed by atoms with Gasteiger partial charge in [0.15, 0.2) is 17.2 Å². The van der Waals surface area contributed by atoms with Crippen LogP contribution in [0.25, 0.3) is 5.69 Å². The Morgan fingerprint density at radius 3 is 2.82 bits per heavy atom. The highest BCUT2D eigenvalue weighted by Gasteiger charge is 2.30. The van der Waals surface area contributed by atoms with Crippen molar-refractivity contribution in [3.05, 3.63) is 64.5 Å². The predicted octanol–water partition coefficient (Wildman–Crippen LogP) is 2.70. The van der Waals surface area contributed by atoms with Gasteiger partial charge in [0, 0.05) is 32.0 Å². The summed E-state index contributed by atoms with van der Waals surface area (Å²) in [6, 6.07) is 11.7. The van der Waals surface area contributed by atoms with Crippen LogP contribution in [0.2, 0.25) is 0 Å². The normalized spacial score (nSPS) is 16.9. The molecule has 5 rings (SSSR count). The molecule has 2 amide bonds. The van der Waals surface area contributed by atoms with Gasteiger partial charge in [-0.3, -0.25) is 9.59 Å². The van der Waals surface area contributed by atoms with Gasteiger partial charge in [0.05, 0.1) is 11.4 Å². The minimum atomic E-state index is -0.282. The minimum absolute atomic E-state index is 0.0415. The van der Waals surface area contributed by atoms with Gasteiger partial charge in [-0.05, 0) is 55.7 Å². The van der Waals surface area contributed by atoms with E-state index >= 15 is 0 Å². The zero-order valence-electron chi connectivity index (χ0n) is 19.5. The molecule has 9 nitrogen and oxygen atoms in total. The van der Waals surface area contributed by atoms with Crippen LogP contribution in [0.3, 0.4) is 0 Å². The monoisotopic (exact) mass is 461 g/mol. The number of benzene rings is 2. The van der Waals surface area contributed by atoms with Gasteiger partial charge in [-0.15, -0.1) is 5.10 Å². The largest absolute Gasteiger partial charge is 0.454 e. The molecule has 1 saturated heterocycles. The second-order valence-electron chi connectivity index (χ2n) is 8.90. The molecule has 2 aliphatic rings. The van der Waals surface area contributed by atoms with E-state index in [1.165, 1.54) is 0 Å². The zero-order valence-corrected chi connectivity index (χ0v) is 19.5. The van der Waals surface area contributed by atoms with Crippen LogP contribution < -0.4 is 14.8 Å². The van der Waals surface area contributed by atoms with Crippen molar-refractivity contribution in [3.63, 3.8) is 0 Å². The van der Waals surface area contributed by atoms with E-state index in [0.717, 1.165) is 28.1 Å². The smallest absolute Gasteiger partial charge is 0.273 e. The topological polar surface area (TPSA) is 98.6 Å². The van der Waals surface area contributed by atoms with Gasteiger partial charge in [0.1, 0.15) is 0 Å². The van der Waals surface area contributed by atoms with Crippen LogP contribution in [0, 0.1) is 26.7 Å². The molecular formula is C25H27N5O4. The van der Waals surface area contributed by atoms with Gasteiger partial charge in [0.2, 0.25) is 12.7 Å². The number of aromatic nitrogens is 3. The third kappa shape index (κ3) is 4.09. The quantitative estimate of drug-likeness (QED) is 0.606. The average Bonchev–Trinajstić information content (AvgIpc) is 3.53. The number of fused-ring (bicyclic) bond motifs is 1. The number of aryl methyl sites for hydroxylation is 1. The molecule has 1 unspecified atom stereocenters. The Morgan fingerprint density at radius 1 is 1.15 bits per heavy atom. The molecule has 2 aliphatic heterocycles. The van der Waals surface area contributed by atoms with Crippen LogP contribution in [0.4, 0.5) is 0 Å². The highest BCUT2D eigenvalue weighted by atomic mass is 16.7. The zero-order chi connectivity index (χ0) is 23.8. The Hall–Kier alpha value is -3.88. The summed E-state index contributed by atoms with van der Waals surface area (Å²) in [5, 5.41) is 11.3. The fourth-order valence-electron chi connectivity index (χ4n) is 4.46. The lowest BCUT2D eigenvalue weighted by molar-refractivity contribution is -0.128. The Balaban J connectivity index is 1.20. The van der Waals surface area contributed by atoms with E-state index in [2.05, 4.69) is 15.6 Å². The molecule has 34 heavy (non-hydrogen) atoms. The van der Waals surface area contributed by atoms with E-state index in [1.807, 2.05) is 62.1 Å². The highest BCUT2D eigenvalue weighted by Crippen LogP contribution is 2.33. The molecule has 0 aliphatic carbocycles. The van der Waals surface area contributed by atoms with E-state index in [-0.39, 0.29) is 24.5 Å². The molecule has 2 aromatic carbocycles. The van der Waals surface area contributed by atoms with Crippen molar-refractivity contribution in [2.75, 3.05) is 19.9 Å². The summed E-state index contributed by atoms with van der Waals surface area (Å²) >= 11 is 0. The van der Waals surface area contributed by atoms with Crippen LogP contribution in [-0.2, 0) is 11.3 Å². The minimum Gasteiger partial charge on any atom is -0.454 e. The number of hydrogen-bond donors (Lipinski definition) is 1. The van der Waals surface area contributed by atoms with Crippen LogP contribution in [-0.4, -0.2) is 51.6 Å². The Kier molecular flexibility index (Phi) is 5.69. The predicted molar refractivity (Wildman–Crippen MR) is 124 cm³/mol. The Labute approximate surface area is 197 Å². The molecule has 1 fully saturated rings. The third-order valence-corrected chi connectivity index (χ3v) is 6.57. The lowest BCUT2D eigenvalue weighted by Crippen LogP contribution is -2.31. The third-order valence-electron chi connectivity index (χ3n) is 6.57. The lowest BCUT2D eigenvalue weighted by atomic mass is 10.1. The fraction of sp³-hybridized carbons (Fsp3) is 0.360. The molecule has 0 bridgehead atoms. The molecule has 1 N–H and O–H groups in total. The molecule has 176 valence electrons. The van der Waals surface area contributed by atoms with Crippen molar-refractivity contribution in [1.29, 1.82) is 0 Å². The van der Waals surface area contributed by atoms with Crippen molar-refractivity contribution < 1.29 is 19.1 Å². The van der Waals surface area contributed by atoms with Crippen molar-refractivity contribution >= 4 is 11.8 Å². The number of nitrogens with one attached hydrogen (secondary N) is 1. The Bertz CT molecular complexity index is 1270. The number of carbonyl (C=O) groups excluding carboxylic acids is 2. The standard InChI is InChI=1S/C25H27N5O4/c1-15-5-4-6-20(16(15)2)30-17(3)24(27-28-30)25(32)26-11-19-10-23(31)29(13-19)12-18-7-8-21-22(9-18)34-14-33-21/h4-9,19H,10-14H2,1-3H3,(H,26,32). The number of carbonyl (C=O) groups is 2. The summed E-state index contributed by atoms with van der Waals surface area (Å²) < 4.78 is 12.5. The first-order valence-electron chi connectivity index (χ1n) is 11.3. The van der Waals surface area contributed by atoms with Gasteiger partial charge in [0.25, 0.3) is 5.91 Å². The molecule has 3 aromatic rings. The van der Waals surface area contributed by atoms with E-state index in [4.69, 9.17) is 9.47 Å². The maximum absolute atomic E-state index is 12.8. The van der Waals surface area contributed by atoms with Crippen molar-refractivity contribution in [1.82, 2.24) is 25.2 Å². The second kappa shape index (κ2) is 8.81. The first-order valence-corrected chi connectivity index (χ1v) is 11.3. The first kappa shape index (κ1) is 21.9. The first-order chi connectivity index (χ1) is 16.4. The van der Waals surface area contributed by atoms with Crippen molar-refractivity contribution in [2.45, 2.75) is 33.7 Å². The molecule has 0 radical (unpaired) electrons. The molecular weight excluding hydrogens is 434 g/mol. The number of likely N-dealkylation sites (tertiary alicyclic amines) is 1. The van der Waals surface area contributed by atoms with Crippen LogP contribution in [0.15, 0.2) is 36.4 Å². The maximum Gasteiger partial charge on any atom is 0.273 e. The number of hydrogen-bond acceptors (Lipinski definition) is 6. The summed E-state index contributed by atoms with van der Waals surface area (Å²) in [6.07, 6.45) is 0.402. The molecule has 1 atom stereocenters. The summed E-state index contributed by atoms with van der Waals surface area (Å²) in [5.41, 5.74) is 5.11. The maximum atomic E-state index is 12.8. The van der Waals surface area contributed by atoms with E-state index in [9.17, 15) is 9.59 Å². The molecule has 0 saturated carbocycles. The average molecular weight is 462 g/mol. The van der Waals surface area contributed by atoms with Crippen LogP contribution in [0.1, 0.15) is 39.3 Å². The highest BCUT2D eigenvalue weighted by molar-refractivity contribution is 5.93. The molecule has 0 spiro atoms. The van der Waals surface area contributed by atoms with Crippen LogP contribution >= 0.6 is 0 Å². The fourth-order valence-corrected chi connectivity index (χ4v) is 4.46. The molecule has 3 heterocycles. The summed E-state index contributed by atoms with van der Waals surface area (Å²) in [4.78, 5) is 27.2. The summed E-state index contributed by atoms with van der Waals surface area (Å²) in [7, 11) is 0. The second-order valence-corrected chi connectivity index (χ2v) is 8.90. The van der Waals surface area contributed by atoms with Gasteiger partial charge in [-0.1, -0.05) is 23.4 Å². The number of ether oxygens (including phenoxy) is 2. The summed E-state index contributed by atoms with van der Waals surface area (Å²) in [6.45, 7) is 7.61. The molecule has 9 heteroatoms. The van der Waals surface area contributed by atoms with Crippen molar-refractivity contribution in [3.8, 4) is 17.2 Å². The van der Waals surface area contributed by atoms with Gasteiger partial charge in [-0.25, -0.2) is 4.68 Å². The van der Waals surface area contributed by atoms with Gasteiger partial charge in [-0.2, -0.15) is 0 Å².